The molecule has 2 aromatic rings. The Labute approximate surface area is 114 Å². The summed E-state index contributed by atoms with van der Waals surface area (Å²) in [5.41, 5.74) is 0.939. The predicted molar refractivity (Wildman–Crippen MR) is 70.2 cm³/mol. The summed E-state index contributed by atoms with van der Waals surface area (Å²) in [6.45, 7) is 0.251. The Morgan fingerprint density at radius 1 is 1.32 bits per heavy atom. The van der Waals surface area contributed by atoms with E-state index in [9.17, 15) is 9.59 Å². The number of aryl methyl sites for hydroxylation is 1. The van der Waals surface area contributed by atoms with Crippen molar-refractivity contribution in [1.29, 1.82) is 0 Å². The average Bonchev–Trinajstić information content (AvgIpc) is 2.88. The number of ketones is 1. The molecule has 1 aliphatic heterocycles. The Morgan fingerprint density at radius 2 is 2.11 bits per heavy atom. The quantitative estimate of drug-likeness (QED) is 0.786. The summed E-state index contributed by atoms with van der Waals surface area (Å²) in [6.07, 6.45) is 3.44. The number of anilines is 1. The molecule has 19 heavy (non-hydrogen) atoms. The van der Waals surface area contributed by atoms with Gasteiger partial charge in [0.2, 0.25) is 0 Å². The van der Waals surface area contributed by atoms with Crippen LogP contribution in [0.1, 0.15) is 16.2 Å². The highest BCUT2D eigenvalue weighted by atomic mass is 35.5. The van der Waals surface area contributed by atoms with Crippen molar-refractivity contribution >= 4 is 29.0 Å². The van der Waals surface area contributed by atoms with Gasteiger partial charge in [-0.15, -0.1) is 0 Å². The number of hydrogen-bond acceptors (Lipinski definition) is 3. The number of imidazole rings is 1. The van der Waals surface area contributed by atoms with Gasteiger partial charge in [0.1, 0.15) is 5.82 Å². The van der Waals surface area contributed by atoms with Crippen LogP contribution in [0.15, 0.2) is 30.6 Å². The van der Waals surface area contributed by atoms with Crippen molar-refractivity contribution in [1.82, 2.24) is 9.55 Å². The number of carbonyl (C=O) groups excluding carboxylic acids is 2. The van der Waals surface area contributed by atoms with Gasteiger partial charge in [0.05, 0.1) is 17.8 Å². The molecule has 0 saturated carbocycles. The third-order valence-electron chi connectivity index (χ3n) is 3.16. The van der Waals surface area contributed by atoms with E-state index in [1.807, 2.05) is 7.05 Å². The molecular weight excluding hydrogens is 266 g/mol. The van der Waals surface area contributed by atoms with Gasteiger partial charge in [-0.3, -0.25) is 14.5 Å². The van der Waals surface area contributed by atoms with Crippen LogP contribution >= 0.6 is 11.6 Å². The monoisotopic (exact) mass is 275 g/mol. The lowest BCUT2D eigenvalue weighted by Crippen LogP contribution is -2.30. The maximum absolute atomic E-state index is 12.0. The molecule has 0 saturated heterocycles. The van der Waals surface area contributed by atoms with Gasteiger partial charge < -0.3 is 4.57 Å². The maximum Gasteiger partial charge on any atom is 0.299 e. The minimum absolute atomic E-state index is 0.251. The summed E-state index contributed by atoms with van der Waals surface area (Å²) in [5.74, 6) is -0.338. The summed E-state index contributed by atoms with van der Waals surface area (Å²) < 4.78 is 1.81. The maximum atomic E-state index is 12.0. The third-order valence-corrected chi connectivity index (χ3v) is 3.39. The lowest BCUT2D eigenvalue weighted by atomic mass is 10.1. The van der Waals surface area contributed by atoms with Crippen molar-refractivity contribution < 1.29 is 9.59 Å². The number of Topliss-reactive ketones (excluding diaryl/α,β-unsaturated/α-hetero) is 1. The van der Waals surface area contributed by atoms with Crippen LogP contribution in [0.5, 0.6) is 0 Å². The molecule has 1 aliphatic rings. The van der Waals surface area contributed by atoms with Crippen molar-refractivity contribution in [2.45, 2.75) is 6.54 Å². The van der Waals surface area contributed by atoms with Crippen LogP contribution in [0.3, 0.4) is 0 Å². The Bertz CT molecular complexity index is 693. The van der Waals surface area contributed by atoms with Crippen molar-refractivity contribution in [3.63, 3.8) is 0 Å². The number of carbonyl (C=O) groups is 2. The molecular formula is C13H10ClN3O2. The Kier molecular flexibility index (Phi) is 2.64. The summed E-state index contributed by atoms with van der Waals surface area (Å²) >= 11 is 5.93. The van der Waals surface area contributed by atoms with E-state index in [1.165, 1.54) is 4.90 Å². The first-order valence-corrected chi connectivity index (χ1v) is 6.07. The molecule has 1 aromatic heterocycles. The minimum Gasteiger partial charge on any atom is -0.337 e. The van der Waals surface area contributed by atoms with Crippen LogP contribution in [0.2, 0.25) is 5.02 Å². The van der Waals surface area contributed by atoms with Gasteiger partial charge in [-0.1, -0.05) is 11.6 Å². The Morgan fingerprint density at radius 3 is 2.79 bits per heavy atom. The largest absolute Gasteiger partial charge is 0.337 e. The van der Waals surface area contributed by atoms with E-state index in [-0.39, 0.29) is 6.54 Å². The normalized spacial score (nSPS) is 14.1. The number of hydrogen-bond donors (Lipinski definition) is 0. The van der Waals surface area contributed by atoms with E-state index >= 15 is 0 Å². The van der Waals surface area contributed by atoms with Gasteiger partial charge in [0.15, 0.2) is 0 Å². The van der Waals surface area contributed by atoms with E-state index < -0.39 is 11.7 Å². The van der Waals surface area contributed by atoms with Gasteiger partial charge in [-0.05, 0) is 18.2 Å². The van der Waals surface area contributed by atoms with Crippen molar-refractivity contribution in [2.24, 2.45) is 7.05 Å². The second-order valence-electron chi connectivity index (χ2n) is 4.34. The Hall–Kier alpha value is -2.14. The standard InChI is InChI=1S/C13H10ClN3O2/c1-16-5-4-15-11(16)7-17-10-6-8(14)2-3-9(10)12(18)13(17)19/h2-6H,7H2,1H3. The highest BCUT2D eigenvalue weighted by molar-refractivity contribution is 6.52. The van der Waals surface area contributed by atoms with E-state index in [2.05, 4.69) is 4.98 Å². The van der Waals surface area contributed by atoms with Crippen LogP contribution in [0.25, 0.3) is 0 Å². The zero-order valence-electron chi connectivity index (χ0n) is 10.1. The molecule has 0 bridgehead atoms. The van der Waals surface area contributed by atoms with Gasteiger partial charge in [0, 0.05) is 24.5 Å². The molecule has 0 radical (unpaired) electrons. The first kappa shape index (κ1) is 11.9. The van der Waals surface area contributed by atoms with Gasteiger partial charge >= 0.3 is 0 Å². The number of nitrogens with zero attached hydrogens (tertiary/aromatic N) is 3. The van der Waals surface area contributed by atoms with Crippen LogP contribution < -0.4 is 4.90 Å². The highest BCUT2D eigenvalue weighted by Gasteiger charge is 2.36. The van der Waals surface area contributed by atoms with Gasteiger partial charge in [-0.25, -0.2) is 4.98 Å². The van der Waals surface area contributed by atoms with Crippen LogP contribution in [-0.4, -0.2) is 21.2 Å². The van der Waals surface area contributed by atoms with E-state index in [0.29, 0.717) is 22.1 Å². The average molecular weight is 276 g/mol. The van der Waals surface area contributed by atoms with E-state index in [1.54, 1.807) is 35.2 Å². The van der Waals surface area contributed by atoms with E-state index in [4.69, 9.17) is 11.6 Å². The zero-order chi connectivity index (χ0) is 13.6. The second-order valence-corrected chi connectivity index (χ2v) is 4.77. The number of rotatable bonds is 2. The molecule has 5 nitrogen and oxygen atoms in total. The molecule has 1 amide bonds. The predicted octanol–water partition coefficient (Wildman–Crippen LogP) is 1.80. The van der Waals surface area contributed by atoms with Gasteiger partial charge in [-0.2, -0.15) is 0 Å². The third kappa shape index (κ3) is 1.82. The smallest absolute Gasteiger partial charge is 0.299 e. The number of halogens is 1. The minimum atomic E-state index is -0.541. The molecule has 0 unspecified atom stereocenters. The highest BCUT2D eigenvalue weighted by Crippen LogP contribution is 2.32. The summed E-state index contributed by atoms with van der Waals surface area (Å²) in [7, 11) is 1.84. The molecule has 0 spiro atoms. The van der Waals surface area contributed by atoms with Crippen LogP contribution in [-0.2, 0) is 18.4 Å². The molecule has 1 aromatic carbocycles. The topological polar surface area (TPSA) is 55.2 Å². The van der Waals surface area contributed by atoms with Crippen molar-refractivity contribution in [2.75, 3.05) is 4.90 Å². The fraction of sp³-hybridized carbons (Fsp3) is 0.154. The molecule has 0 atom stereocenters. The summed E-state index contributed by atoms with van der Waals surface area (Å²) in [4.78, 5) is 29.4. The molecule has 3 rings (SSSR count). The summed E-state index contributed by atoms with van der Waals surface area (Å²) in [6, 6.07) is 4.81. The van der Waals surface area contributed by atoms with E-state index in [0.717, 1.165) is 0 Å². The molecule has 0 fully saturated rings. The fourth-order valence-corrected chi connectivity index (χ4v) is 2.28. The Balaban J connectivity index is 2.04. The second kappa shape index (κ2) is 4.20. The fourth-order valence-electron chi connectivity index (χ4n) is 2.11. The van der Waals surface area contributed by atoms with Crippen molar-refractivity contribution in [3.05, 3.63) is 47.0 Å². The summed E-state index contributed by atoms with van der Waals surface area (Å²) in [5, 5.41) is 0.492. The number of aromatic nitrogens is 2. The molecule has 0 aliphatic carbocycles. The molecule has 96 valence electrons. The lowest BCUT2D eigenvalue weighted by Gasteiger charge is -2.16. The molecule has 0 N–H and O–H groups in total. The number of amides is 1. The first-order chi connectivity index (χ1) is 9.08. The molecule has 2 heterocycles. The molecule has 6 heteroatoms. The SMILES string of the molecule is Cn1ccnc1CN1C(=O)C(=O)c2ccc(Cl)cc21. The van der Waals surface area contributed by atoms with Crippen molar-refractivity contribution in [3.8, 4) is 0 Å². The van der Waals surface area contributed by atoms with Crippen LogP contribution in [0, 0.1) is 0 Å². The van der Waals surface area contributed by atoms with Crippen LogP contribution in [0.4, 0.5) is 5.69 Å². The lowest BCUT2D eigenvalue weighted by molar-refractivity contribution is -0.114. The number of benzene rings is 1. The number of fused-ring (bicyclic) bond motifs is 1. The zero-order valence-corrected chi connectivity index (χ0v) is 10.9. The van der Waals surface area contributed by atoms with Gasteiger partial charge in [0.25, 0.3) is 11.7 Å². The first-order valence-electron chi connectivity index (χ1n) is 5.70.